The Hall–Kier alpha value is 0.706. The van der Waals surface area contributed by atoms with Crippen LogP contribution >= 0.6 is 0 Å². The molecule has 0 fully saturated rings. The van der Waals surface area contributed by atoms with E-state index in [0.717, 1.165) is 0 Å². The minimum absolute atomic E-state index is 0. The molecule has 0 N–H and O–H groups in total. The molecule has 0 aliphatic heterocycles. The van der Waals surface area contributed by atoms with Crippen molar-refractivity contribution in [3.05, 3.63) is 0 Å². The van der Waals surface area contributed by atoms with Gasteiger partial charge in [0, 0.05) is 0 Å². The minimum atomic E-state index is -6.20. The zero-order chi connectivity index (χ0) is 21.9. The molecule has 0 aromatic heterocycles. The first-order chi connectivity index (χ1) is 12.1. The summed E-state index contributed by atoms with van der Waals surface area (Å²) in [6.45, 7) is 0. The average molecular weight is 490 g/mol. The first-order valence-electron chi connectivity index (χ1n) is 6.69. The monoisotopic (exact) mass is 490 g/mol. The Morgan fingerprint density at radius 1 is 0.464 bits per heavy atom. The fourth-order valence-corrected chi connectivity index (χ4v) is 2.14. The van der Waals surface area contributed by atoms with Crippen LogP contribution in [0.3, 0.4) is 0 Å². The van der Waals surface area contributed by atoms with Gasteiger partial charge in [-0.1, -0.05) is 0 Å². The van der Waals surface area contributed by atoms with E-state index in [2.05, 4.69) is 0 Å². The molecule has 3 nitrogen and oxygen atoms in total. The van der Waals surface area contributed by atoms with Gasteiger partial charge in [-0.2, -0.15) is 0 Å². The second-order valence-corrected chi connectivity index (χ2v) is 6.61. The Kier molecular flexibility index (Phi) is 13.8. The predicted octanol–water partition coefficient (Wildman–Crippen LogP) is 0.139. The van der Waals surface area contributed by atoms with Crippen LogP contribution in [0.2, 0.25) is 0 Å². The van der Waals surface area contributed by atoms with Gasteiger partial charge in [0.15, 0.2) is 55.5 Å². The van der Waals surface area contributed by atoms with Crippen molar-refractivity contribution in [1.82, 2.24) is 0 Å². The van der Waals surface area contributed by atoms with E-state index in [4.69, 9.17) is 0 Å². The van der Waals surface area contributed by atoms with Gasteiger partial charge in [-0.15, -0.1) is 0 Å². The van der Waals surface area contributed by atoms with Crippen molar-refractivity contribution in [2.45, 2.75) is 67.5 Å². The molecule has 0 spiro atoms. The van der Waals surface area contributed by atoms with Gasteiger partial charge in [0.2, 0.25) is 5.50 Å². The Morgan fingerprint density at radius 2 is 0.679 bits per heavy atom. The summed E-state index contributed by atoms with van der Waals surface area (Å²) in [5.74, 6) is 0. The van der Waals surface area contributed by atoms with Gasteiger partial charge in [0.1, 0.15) is 10.1 Å². The maximum Gasteiger partial charge on any atom is 1.00 e. The van der Waals surface area contributed by atoms with Crippen LogP contribution in [0.25, 0.3) is 0 Å². The van der Waals surface area contributed by atoms with E-state index in [1.807, 2.05) is 0 Å². The van der Waals surface area contributed by atoms with Gasteiger partial charge in [-0.25, -0.2) is 61.1 Å². The quantitative estimate of drug-likeness (QED) is 0.235. The molecule has 0 saturated carbocycles. The van der Waals surface area contributed by atoms with E-state index in [1.165, 1.54) is 0 Å². The second kappa shape index (κ2) is 12.5. The van der Waals surface area contributed by atoms with Gasteiger partial charge in [-0.3, -0.25) is 0 Å². The molecule has 10 atom stereocenters. The van der Waals surface area contributed by atoms with E-state index in [9.17, 15) is 65.7 Å². The molecule has 0 aromatic carbocycles. The van der Waals surface area contributed by atoms with Crippen LogP contribution in [0.4, 0.5) is 52.7 Å². The molecule has 0 rings (SSSR count). The summed E-state index contributed by atoms with van der Waals surface area (Å²) in [6, 6.07) is 0. The first kappa shape index (κ1) is 30.9. The fourth-order valence-electron chi connectivity index (χ4n) is 1.67. The Balaban J connectivity index is 0. The van der Waals surface area contributed by atoms with Crippen molar-refractivity contribution in [3.8, 4) is 0 Å². The third-order valence-electron chi connectivity index (χ3n) is 3.20. The standard InChI is InChI=1S/C11H12F12O3S.K/c12-1(2(13)4(15)6(17)8(19)10(21)22)3(14)5(16)7(18)9(20)11(23)27(24,25)26;/h1-11H,(H,24,25,26);/q;+1/p-1. The third kappa shape index (κ3) is 8.09. The average Bonchev–Trinajstić information content (AvgIpc) is 2.60. The molecule has 164 valence electrons. The summed E-state index contributed by atoms with van der Waals surface area (Å²) in [7, 11) is -6.20. The molecule has 0 saturated heterocycles. The van der Waals surface area contributed by atoms with E-state index in [0.29, 0.717) is 0 Å². The molecule has 0 aliphatic carbocycles. The topological polar surface area (TPSA) is 57.2 Å². The largest absolute Gasteiger partial charge is 1.00 e. The smallest absolute Gasteiger partial charge is 0.746 e. The van der Waals surface area contributed by atoms with Crippen molar-refractivity contribution in [3.63, 3.8) is 0 Å². The van der Waals surface area contributed by atoms with Crippen LogP contribution in [0.15, 0.2) is 0 Å². The normalized spacial score (nSPS) is 23.5. The van der Waals surface area contributed by atoms with Gasteiger partial charge in [-0.05, 0) is 0 Å². The van der Waals surface area contributed by atoms with Gasteiger partial charge >= 0.3 is 51.4 Å². The van der Waals surface area contributed by atoms with Crippen molar-refractivity contribution in [2.75, 3.05) is 0 Å². The second-order valence-electron chi connectivity index (χ2n) is 5.18. The molecule has 0 bridgehead atoms. The summed E-state index contributed by atoms with van der Waals surface area (Å²) in [6.07, 6.45) is -41.6. The van der Waals surface area contributed by atoms with Gasteiger partial charge in [0.25, 0.3) is 6.43 Å². The SMILES string of the molecule is O=S(=O)([O-])C(F)C(F)C(F)C(F)C(F)C(F)C(F)C(F)C(F)C(F)C(F)F.[K+]. The molecule has 28 heavy (non-hydrogen) atoms. The van der Waals surface area contributed by atoms with Crippen LogP contribution in [0, 0.1) is 0 Å². The van der Waals surface area contributed by atoms with E-state index >= 15 is 0 Å². The Bertz CT molecular complexity index is 557. The molecule has 0 amide bonds. The maximum absolute atomic E-state index is 13.3. The van der Waals surface area contributed by atoms with Gasteiger partial charge < -0.3 is 4.55 Å². The zero-order valence-electron chi connectivity index (χ0n) is 13.5. The number of hydrogen-bond donors (Lipinski definition) is 0. The van der Waals surface area contributed by atoms with Crippen LogP contribution in [0.5, 0.6) is 0 Å². The van der Waals surface area contributed by atoms with Crippen LogP contribution in [-0.2, 0) is 10.1 Å². The summed E-state index contributed by atoms with van der Waals surface area (Å²) >= 11 is 0. The molecule has 0 aliphatic rings. The van der Waals surface area contributed by atoms with Crippen molar-refractivity contribution >= 4 is 10.1 Å². The molecule has 17 heteroatoms. The molecule has 0 heterocycles. The Morgan fingerprint density at radius 3 is 0.893 bits per heavy atom. The molecular formula is C11H11F12KO3S. The number of halogens is 12. The zero-order valence-corrected chi connectivity index (χ0v) is 17.5. The summed E-state index contributed by atoms with van der Waals surface area (Å²) in [5, 5.41) is 0. The predicted molar refractivity (Wildman–Crippen MR) is 64.7 cm³/mol. The third-order valence-corrected chi connectivity index (χ3v) is 4.01. The molecule has 0 aromatic rings. The van der Waals surface area contributed by atoms with E-state index < -0.39 is 77.6 Å². The van der Waals surface area contributed by atoms with Crippen molar-refractivity contribution in [1.29, 1.82) is 0 Å². The maximum atomic E-state index is 13.3. The number of alkyl halides is 12. The van der Waals surface area contributed by atoms with Crippen LogP contribution in [0.1, 0.15) is 0 Å². The van der Waals surface area contributed by atoms with E-state index in [1.54, 1.807) is 0 Å². The molecule has 10 unspecified atom stereocenters. The van der Waals surface area contributed by atoms with Gasteiger partial charge in [0.05, 0.1) is 0 Å². The summed E-state index contributed by atoms with van der Waals surface area (Å²) < 4.78 is 185. The summed E-state index contributed by atoms with van der Waals surface area (Å²) in [5.41, 5.74) is -4.26. The first-order valence-corrected chi connectivity index (χ1v) is 8.16. The molecule has 0 radical (unpaired) electrons. The van der Waals surface area contributed by atoms with Crippen molar-refractivity contribution < 1.29 is 117 Å². The van der Waals surface area contributed by atoms with Crippen LogP contribution in [-0.4, -0.2) is 80.4 Å². The van der Waals surface area contributed by atoms with Crippen molar-refractivity contribution in [2.24, 2.45) is 0 Å². The summed E-state index contributed by atoms with van der Waals surface area (Å²) in [4.78, 5) is 0. The van der Waals surface area contributed by atoms with E-state index in [-0.39, 0.29) is 51.4 Å². The minimum Gasteiger partial charge on any atom is -0.746 e. The number of rotatable bonds is 11. The molecular weight excluding hydrogens is 479 g/mol. The Labute approximate surface area is 193 Å². The number of hydrogen-bond acceptors (Lipinski definition) is 3. The van der Waals surface area contributed by atoms with Crippen LogP contribution < -0.4 is 51.4 Å². The fraction of sp³-hybridized carbons (Fsp3) is 1.00.